The Hall–Kier alpha value is -1.09. The van der Waals surface area contributed by atoms with E-state index in [1.54, 1.807) is 0 Å². The number of carbonyl (C=O) groups is 1. The average molecular weight is 256 g/mol. The van der Waals surface area contributed by atoms with Gasteiger partial charge in [0.05, 0.1) is 10.7 Å². The molecule has 1 aliphatic carbocycles. The fraction of sp³-hybridized carbons (Fsp3) is 0.462. The molecule has 0 aromatic heterocycles. The van der Waals surface area contributed by atoms with Gasteiger partial charge in [-0.15, -0.1) is 0 Å². The molecular formula is C13H15ClFNO. The topological polar surface area (TPSA) is 43.1 Å². The number of anilines is 1. The number of hydrogen-bond acceptors (Lipinski definition) is 2. The third-order valence-electron chi connectivity index (χ3n) is 3.35. The lowest BCUT2D eigenvalue weighted by Gasteiger charge is -2.05. The molecule has 1 aromatic rings. The zero-order valence-corrected chi connectivity index (χ0v) is 10.5. The Balaban J connectivity index is 2.35. The number of unbranched alkanes of at least 4 members (excludes halogenated alkanes) is 1. The predicted octanol–water partition coefficient (Wildman–Crippen LogP) is 3.61. The fourth-order valence-corrected chi connectivity index (χ4v) is 2.61. The van der Waals surface area contributed by atoms with Gasteiger partial charge in [-0.25, -0.2) is 4.39 Å². The van der Waals surface area contributed by atoms with E-state index in [0.29, 0.717) is 12.0 Å². The van der Waals surface area contributed by atoms with Gasteiger partial charge in [0, 0.05) is 11.5 Å². The molecule has 0 heterocycles. The van der Waals surface area contributed by atoms with Crippen molar-refractivity contribution in [3.05, 3.63) is 28.0 Å². The SMILES string of the molecule is CCCCC1Cc2c(cc(F)c(N)c2Cl)C1=O. The second kappa shape index (κ2) is 4.65. The number of halogens is 2. The number of nitrogen functional groups attached to an aromatic ring is 1. The largest absolute Gasteiger partial charge is 0.395 e. The van der Waals surface area contributed by atoms with E-state index in [1.165, 1.54) is 6.07 Å². The summed E-state index contributed by atoms with van der Waals surface area (Å²) in [6.45, 7) is 2.08. The van der Waals surface area contributed by atoms with E-state index in [4.69, 9.17) is 17.3 Å². The number of rotatable bonds is 3. The lowest BCUT2D eigenvalue weighted by Crippen LogP contribution is -2.08. The van der Waals surface area contributed by atoms with Gasteiger partial charge in [-0.2, -0.15) is 0 Å². The summed E-state index contributed by atoms with van der Waals surface area (Å²) in [6, 6.07) is 1.23. The summed E-state index contributed by atoms with van der Waals surface area (Å²) in [4.78, 5) is 12.1. The highest BCUT2D eigenvalue weighted by atomic mass is 35.5. The molecule has 1 aliphatic rings. The van der Waals surface area contributed by atoms with Crippen molar-refractivity contribution < 1.29 is 9.18 Å². The van der Waals surface area contributed by atoms with Crippen LogP contribution in [0.15, 0.2) is 6.07 Å². The van der Waals surface area contributed by atoms with Crippen LogP contribution in [0.1, 0.15) is 42.1 Å². The molecule has 2 nitrogen and oxygen atoms in total. The first-order chi connectivity index (χ1) is 8.06. The zero-order valence-electron chi connectivity index (χ0n) is 9.72. The van der Waals surface area contributed by atoms with Crippen molar-refractivity contribution in [1.82, 2.24) is 0 Å². The zero-order chi connectivity index (χ0) is 12.6. The molecule has 0 fully saturated rings. The second-order valence-corrected chi connectivity index (χ2v) is 4.90. The smallest absolute Gasteiger partial charge is 0.166 e. The van der Waals surface area contributed by atoms with Crippen LogP contribution in [0, 0.1) is 11.7 Å². The number of Topliss-reactive ketones (excluding diaryl/α,β-unsaturated/α-hetero) is 1. The molecule has 2 rings (SSSR count). The van der Waals surface area contributed by atoms with E-state index < -0.39 is 5.82 Å². The summed E-state index contributed by atoms with van der Waals surface area (Å²) < 4.78 is 13.4. The Kier molecular flexibility index (Phi) is 3.38. The van der Waals surface area contributed by atoms with Crippen LogP contribution in [-0.4, -0.2) is 5.78 Å². The summed E-state index contributed by atoms with van der Waals surface area (Å²) in [5.41, 5.74) is 6.62. The lowest BCUT2D eigenvalue weighted by atomic mass is 9.98. The molecule has 0 saturated carbocycles. The van der Waals surface area contributed by atoms with Gasteiger partial charge >= 0.3 is 0 Å². The molecule has 4 heteroatoms. The van der Waals surface area contributed by atoms with Crippen molar-refractivity contribution in [1.29, 1.82) is 0 Å². The van der Waals surface area contributed by atoms with Crippen LogP contribution in [0.2, 0.25) is 5.02 Å². The highest BCUT2D eigenvalue weighted by Gasteiger charge is 2.33. The summed E-state index contributed by atoms with van der Waals surface area (Å²) in [5.74, 6) is -0.642. The maximum absolute atomic E-state index is 13.4. The van der Waals surface area contributed by atoms with Crippen LogP contribution in [0.5, 0.6) is 0 Å². The third kappa shape index (κ3) is 2.04. The van der Waals surface area contributed by atoms with Crippen molar-refractivity contribution >= 4 is 23.1 Å². The summed E-state index contributed by atoms with van der Waals surface area (Å²) >= 11 is 5.99. The van der Waals surface area contributed by atoms with Crippen molar-refractivity contribution in [3.8, 4) is 0 Å². The molecule has 0 bridgehead atoms. The average Bonchev–Trinajstić information content (AvgIpc) is 2.62. The first kappa shape index (κ1) is 12.4. The minimum absolute atomic E-state index is 0.00856. The van der Waals surface area contributed by atoms with Gasteiger partial charge in [-0.1, -0.05) is 31.4 Å². The second-order valence-electron chi connectivity index (χ2n) is 4.52. The van der Waals surface area contributed by atoms with Gasteiger partial charge < -0.3 is 5.73 Å². The van der Waals surface area contributed by atoms with Crippen LogP contribution in [0.3, 0.4) is 0 Å². The molecule has 92 valence electrons. The number of hydrogen-bond donors (Lipinski definition) is 1. The van der Waals surface area contributed by atoms with Gasteiger partial charge in [0.25, 0.3) is 0 Å². The van der Waals surface area contributed by atoms with Crippen LogP contribution in [0.4, 0.5) is 10.1 Å². The Morgan fingerprint density at radius 1 is 1.59 bits per heavy atom. The maximum Gasteiger partial charge on any atom is 0.166 e. The number of benzene rings is 1. The quantitative estimate of drug-likeness (QED) is 0.839. The molecule has 2 N–H and O–H groups in total. The molecule has 0 aliphatic heterocycles. The molecule has 1 aromatic carbocycles. The van der Waals surface area contributed by atoms with Crippen molar-refractivity contribution in [2.75, 3.05) is 5.73 Å². The molecule has 0 radical (unpaired) electrons. The highest BCUT2D eigenvalue weighted by Crippen LogP contribution is 2.38. The van der Waals surface area contributed by atoms with Gasteiger partial charge in [0.2, 0.25) is 0 Å². The normalized spacial score (nSPS) is 18.5. The van der Waals surface area contributed by atoms with E-state index in [1.807, 2.05) is 0 Å². The minimum atomic E-state index is -0.599. The maximum atomic E-state index is 13.4. The van der Waals surface area contributed by atoms with Gasteiger partial charge in [-0.3, -0.25) is 4.79 Å². The van der Waals surface area contributed by atoms with Crippen LogP contribution >= 0.6 is 11.6 Å². The van der Waals surface area contributed by atoms with Gasteiger partial charge in [0.15, 0.2) is 5.78 Å². The van der Waals surface area contributed by atoms with Gasteiger partial charge in [-0.05, 0) is 24.5 Å². The number of nitrogens with two attached hydrogens (primary N) is 1. The van der Waals surface area contributed by atoms with Crippen molar-refractivity contribution in [3.63, 3.8) is 0 Å². The first-order valence-electron chi connectivity index (χ1n) is 5.86. The standard InChI is InChI=1S/C13H15ClFNO/c1-2-3-4-7-5-8-9(13(7)17)6-10(15)12(16)11(8)14/h6-7H,2-5,16H2,1H3. The number of carbonyl (C=O) groups excluding carboxylic acids is 1. The number of ketones is 1. The minimum Gasteiger partial charge on any atom is -0.395 e. The van der Waals surface area contributed by atoms with Crippen LogP contribution in [-0.2, 0) is 6.42 Å². The van der Waals surface area contributed by atoms with Crippen molar-refractivity contribution in [2.24, 2.45) is 5.92 Å². The van der Waals surface area contributed by atoms with E-state index in [-0.39, 0.29) is 22.4 Å². The molecule has 0 spiro atoms. The predicted molar refractivity (Wildman–Crippen MR) is 66.9 cm³/mol. The van der Waals surface area contributed by atoms with Crippen LogP contribution in [0.25, 0.3) is 0 Å². The molecular weight excluding hydrogens is 241 g/mol. The monoisotopic (exact) mass is 255 g/mol. The van der Waals surface area contributed by atoms with E-state index >= 15 is 0 Å². The fourth-order valence-electron chi connectivity index (χ4n) is 2.34. The lowest BCUT2D eigenvalue weighted by molar-refractivity contribution is 0.0929. The summed E-state index contributed by atoms with van der Waals surface area (Å²) in [5, 5.41) is 0.215. The Morgan fingerprint density at radius 2 is 2.29 bits per heavy atom. The van der Waals surface area contributed by atoms with Gasteiger partial charge in [0.1, 0.15) is 5.82 Å². The van der Waals surface area contributed by atoms with E-state index in [0.717, 1.165) is 24.8 Å². The Labute approximate surface area is 105 Å². The third-order valence-corrected chi connectivity index (χ3v) is 3.78. The molecule has 17 heavy (non-hydrogen) atoms. The first-order valence-corrected chi connectivity index (χ1v) is 6.24. The molecule has 1 unspecified atom stereocenters. The van der Waals surface area contributed by atoms with E-state index in [9.17, 15) is 9.18 Å². The molecule has 0 amide bonds. The van der Waals surface area contributed by atoms with Crippen molar-refractivity contribution in [2.45, 2.75) is 32.6 Å². The summed E-state index contributed by atoms with van der Waals surface area (Å²) in [7, 11) is 0. The molecule has 1 atom stereocenters. The highest BCUT2D eigenvalue weighted by molar-refractivity contribution is 6.34. The molecule has 0 saturated heterocycles. The van der Waals surface area contributed by atoms with Crippen LogP contribution < -0.4 is 5.73 Å². The summed E-state index contributed by atoms with van der Waals surface area (Å²) in [6.07, 6.45) is 3.48. The Morgan fingerprint density at radius 3 is 2.94 bits per heavy atom. The Bertz CT molecular complexity index is 473. The van der Waals surface area contributed by atoms with E-state index in [2.05, 4.69) is 6.92 Å². The number of fused-ring (bicyclic) bond motifs is 1.